The van der Waals surface area contributed by atoms with E-state index in [1.54, 1.807) is 0 Å². The van der Waals surface area contributed by atoms with E-state index in [0.29, 0.717) is 0 Å². The third kappa shape index (κ3) is 2.86. The zero-order valence-electron chi connectivity index (χ0n) is 13.2. The molecule has 0 spiro atoms. The predicted octanol–water partition coefficient (Wildman–Crippen LogP) is 3.98. The van der Waals surface area contributed by atoms with Crippen molar-refractivity contribution < 1.29 is 0 Å². The fraction of sp³-hybridized carbons (Fsp3) is 0.222. The summed E-state index contributed by atoms with van der Waals surface area (Å²) in [6, 6.07) is 14.6. The van der Waals surface area contributed by atoms with Crippen molar-refractivity contribution in [3.63, 3.8) is 0 Å². The van der Waals surface area contributed by atoms with Gasteiger partial charge in [-0.2, -0.15) is 5.10 Å². The molecule has 0 bridgehead atoms. The van der Waals surface area contributed by atoms with Gasteiger partial charge in [0.15, 0.2) is 0 Å². The quantitative estimate of drug-likeness (QED) is 0.791. The Balaban J connectivity index is 2.08. The Morgan fingerprint density at radius 2 is 1.82 bits per heavy atom. The number of anilines is 1. The van der Waals surface area contributed by atoms with E-state index >= 15 is 0 Å². The number of benzene rings is 1. The third-order valence-corrected chi connectivity index (χ3v) is 3.52. The summed E-state index contributed by atoms with van der Waals surface area (Å²) in [4.78, 5) is 4.33. The highest BCUT2D eigenvalue weighted by Crippen LogP contribution is 2.25. The first-order valence-corrected chi connectivity index (χ1v) is 7.51. The van der Waals surface area contributed by atoms with Crippen LogP contribution >= 0.6 is 0 Å². The summed E-state index contributed by atoms with van der Waals surface area (Å²) in [5.74, 6) is 0.884. The molecule has 0 saturated carbocycles. The minimum atomic E-state index is 0.854. The zero-order valence-corrected chi connectivity index (χ0v) is 13.2. The van der Waals surface area contributed by atoms with Crippen molar-refractivity contribution in [2.75, 3.05) is 11.9 Å². The van der Waals surface area contributed by atoms with Gasteiger partial charge in [-0.25, -0.2) is 9.67 Å². The first kappa shape index (κ1) is 14.3. The summed E-state index contributed by atoms with van der Waals surface area (Å²) < 4.78 is 1.99. The molecule has 112 valence electrons. The highest BCUT2D eigenvalue weighted by Gasteiger charge is 2.10. The molecule has 4 heteroatoms. The van der Waals surface area contributed by atoms with Crippen LogP contribution in [-0.4, -0.2) is 21.3 Å². The number of hydrogen-bond donors (Lipinski definition) is 1. The molecule has 1 aromatic carbocycles. The number of rotatable bonds is 4. The molecule has 0 radical (unpaired) electrons. The van der Waals surface area contributed by atoms with Crippen molar-refractivity contribution in [3.8, 4) is 16.9 Å². The number of hydrogen-bond acceptors (Lipinski definition) is 3. The molecule has 0 fully saturated rings. The number of nitrogens with one attached hydrogen (secondary N) is 1. The lowest BCUT2D eigenvalue weighted by atomic mass is 10.1. The van der Waals surface area contributed by atoms with E-state index in [1.165, 1.54) is 5.56 Å². The van der Waals surface area contributed by atoms with Crippen molar-refractivity contribution >= 4 is 5.82 Å². The minimum Gasteiger partial charge on any atom is -0.370 e. The van der Waals surface area contributed by atoms with Gasteiger partial charge in [-0.3, -0.25) is 0 Å². The van der Waals surface area contributed by atoms with Gasteiger partial charge in [-0.1, -0.05) is 17.7 Å². The van der Waals surface area contributed by atoms with Crippen LogP contribution in [0.2, 0.25) is 0 Å². The van der Waals surface area contributed by atoms with Gasteiger partial charge < -0.3 is 5.32 Å². The fourth-order valence-electron chi connectivity index (χ4n) is 2.46. The van der Waals surface area contributed by atoms with Gasteiger partial charge in [0.05, 0.1) is 17.1 Å². The van der Waals surface area contributed by atoms with Crippen LogP contribution in [0, 0.1) is 13.8 Å². The molecule has 1 N–H and O–H groups in total. The summed E-state index contributed by atoms with van der Waals surface area (Å²) in [6.07, 6.45) is 1.83. The average molecular weight is 292 g/mol. The van der Waals surface area contributed by atoms with Crippen molar-refractivity contribution in [2.24, 2.45) is 0 Å². The third-order valence-electron chi connectivity index (χ3n) is 3.52. The summed E-state index contributed by atoms with van der Waals surface area (Å²) in [5, 5.41) is 7.89. The Labute approximate surface area is 130 Å². The summed E-state index contributed by atoms with van der Waals surface area (Å²) in [5.41, 5.74) is 5.48. The number of pyridine rings is 1. The molecule has 3 rings (SSSR count). The number of aromatic nitrogens is 3. The molecule has 0 unspecified atom stereocenters. The van der Waals surface area contributed by atoms with Crippen LogP contribution < -0.4 is 5.32 Å². The number of nitrogens with zero attached hydrogens (tertiary/aromatic N) is 3. The molecular formula is C18H20N4. The van der Waals surface area contributed by atoms with E-state index in [9.17, 15) is 0 Å². The molecular weight excluding hydrogens is 272 g/mol. The Morgan fingerprint density at radius 1 is 1.05 bits per heavy atom. The van der Waals surface area contributed by atoms with Gasteiger partial charge >= 0.3 is 0 Å². The molecule has 0 aliphatic heterocycles. The molecule has 3 aromatic rings. The monoisotopic (exact) mass is 292 g/mol. The van der Waals surface area contributed by atoms with Gasteiger partial charge in [0.25, 0.3) is 0 Å². The Morgan fingerprint density at radius 3 is 2.55 bits per heavy atom. The smallest absolute Gasteiger partial charge is 0.126 e. The Kier molecular flexibility index (Phi) is 3.92. The highest BCUT2D eigenvalue weighted by molar-refractivity contribution is 5.65. The zero-order chi connectivity index (χ0) is 15.5. The molecule has 0 amide bonds. The molecule has 0 aliphatic carbocycles. The van der Waals surface area contributed by atoms with Crippen molar-refractivity contribution in [1.29, 1.82) is 0 Å². The van der Waals surface area contributed by atoms with Crippen LogP contribution in [0.1, 0.15) is 18.2 Å². The van der Waals surface area contributed by atoms with E-state index in [1.807, 2.05) is 23.9 Å². The van der Waals surface area contributed by atoms with Gasteiger partial charge in [-0.05, 0) is 51.1 Å². The van der Waals surface area contributed by atoms with Crippen LogP contribution in [-0.2, 0) is 0 Å². The maximum absolute atomic E-state index is 4.64. The molecule has 0 saturated heterocycles. The first-order chi connectivity index (χ1) is 10.7. The number of aryl methyl sites for hydroxylation is 2. The van der Waals surface area contributed by atoms with Crippen LogP contribution in [0.15, 0.2) is 48.7 Å². The Bertz CT molecular complexity index is 772. The van der Waals surface area contributed by atoms with Gasteiger partial charge in [0.1, 0.15) is 5.82 Å². The van der Waals surface area contributed by atoms with Gasteiger partial charge in [-0.15, -0.1) is 0 Å². The average Bonchev–Trinajstić information content (AvgIpc) is 2.91. The molecule has 2 heterocycles. The fourth-order valence-corrected chi connectivity index (χ4v) is 2.46. The molecule has 4 nitrogen and oxygen atoms in total. The minimum absolute atomic E-state index is 0.854. The lowest BCUT2D eigenvalue weighted by molar-refractivity contribution is 0.868. The van der Waals surface area contributed by atoms with Crippen LogP contribution in [0.4, 0.5) is 5.82 Å². The molecule has 2 aromatic heterocycles. The highest BCUT2D eigenvalue weighted by atomic mass is 15.3. The maximum Gasteiger partial charge on any atom is 0.126 e. The molecule has 0 atom stereocenters. The SMILES string of the molecule is CCNc1cc(-c2cc(C)nn2-c2ccc(C)cc2)ccn1. The van der Waals surface area contributed by atoms with Gasteiger partial charge in [0.2, 0.25) is 0 Å². The Hall–Kier alpha value is -2.62. The molecule has 0 aliphatic rings. The van der Waals surface area contributed by atoms with E-state index in [0.717, 1.165) is 35.0 Å². The lowest BCUT2D eigenvalue weighted by Gasteiger charge is -2.09. The second kappa shape index (κ2) is 6.02. The van der Waals surface area contributed by atoms with Crippen molar-refractivity contribution in [3.05, 3.63) is 59.9 Å². The predicted molar refractivity (Wildman–Crippen MR) is 90.4 cm³/mol. The second-order valence-electron chi connectivity index (χ2n) is 5.38. The summed E-state index contributed by atoms with van der Waals surface area (Å²) in [7, 11) is 0. The van der Waals surface area contributed by atoms with Crippen LogP contribution in [0.5, 0.6) is 0 Å². The maximum atomic E-state index is 4.64. The standard InChI is InChI=1S/C18H20N4/c1-4-19-18-12-15(9-10-20-18)17-11-14(3)21-22(17)16-7-5-13(2)6-8-16/h5-12H,4H2,1-3H3,(H,19,20). The summed E-state index contributed by atoms with van der Waals surface area (Å²) >= 11 is 0. The van der Waals surface area contributed by atoms with Crippen molar-refractivity contribution in [2.45, 2.75) is 20.8 Å². The van der Waals surface area contributed by atoms with E-state index in [2.05, 4.69) is 65.6 Å². The van der Waals surface area contributed by atoms with Gasteiger partial charge in [0, 0.05) is 18.3 Å². The van der Waals surface area contributed by atoms with Crippen molar-refractivity contribution in [1.82, 2.24) is 14.8 Å². The topological polar surface area (TPSA) is 42.7 Å². The summed E-state index contributed by atoms with van der Waals surface area (Å²) in [6.45, 7) is 7.02. The second-order valence-corrected chi connectivity index (χ2v) is 5.38. The molecule has 22 heavy (non-hydrogen) atoms. The van der Waals surface area contributed by atoms with E-state index in [-0.39, 0.29) is 0 Å². The van der Waals surface area contributed by atoms with Crippen LogP contribution in [0.3, 0.4) is 0 Å². The first-order valence-electron chi connectivity index (χ1n) is 7.51. The van der Waals surface area contributed by atoms with E-state index < -0.39 is 0 Å². The van der Waals surface area contributed by atoms with E-state index in [4.69, 9.17) is 0 Å². The normalized spacial score (nSPS) is 10.7. The van der Waals surface area contributed by atoms with Crippen LogP contribution in [0.25, 0.3) is 16.9 Å². The largest absolute Gasteiger partial charge is 0.370 e. The lowest BCUT2D eigenvalue weighted by Crippen LogP contribution is -2.01.